The maximum atomic E-state index is 2.51. The molecule has 0 aliphatic carbocycles. The second-order valence-electron chi connectivity index (χ2n) is 6.91. The van der Waals surface area contributed by atoms with Gasteiger partial charge in [-0.1, -0.05) is 47.0 Å². The van der Waals surface area contributed by atoms with Crippen LogP contribution in [0.2, 0.25) is 0 Å². The molecule has 0 aromatic heterocycles. The average Bonchev–Trinajstić information content (AvgIpc) is 3.31. The van der Waals surface area contributed by atoms with Crippen LogP contribution in [-0.4, -0.2) is 74.1 Å². The number of thioether (sulfide) groups is 8. The van der Waals surface area contributed by atoms with Gasteiger partial charge in [0, 0.05) is 0 Å². The zero-order valence-corrected chi connectivity index (χ0v) is 24.1. The van der Waals surface area contributed by atoms with Crippen molar-refractivity contribution in [1.82, 2.24) is 9.80 Å². The Labute approximate surface area is 211 Å². The summed E-state index contributed by atoms with van der Waals surface area (Å²) in [5.74, 6) is 2.44. The van der Waals surface area contributed by atoms with Crippen molar-refractivity contribution in [3.05, 3.63) is 25.4 Å². The molecule has 0 unspecified atom stereocenters. The van der Waals surface area contributed by atoms with Gasteiger partial charge in [0.2, 0.25) is 0 Å². The number of hydrogen-bond acceptors (Lipinski definition) is 10. The van der Waals surface area contributed by atoms with Gasteiger partial charge in [0.25, 0.3) is 0 Å². The third kappa shape index (κ3) is 8.03. The minimum atomic E-state index is 1.21. The first-order valence-corrected chi connectivity index (χ1v) is 17.4. The lowest BCUT2D eigenvalue weighted by Gasteiger charge is -2.20. The van der Waals surface area contributed by atoms with E-state index < -0.39 is 0 Å². The summed E-state index contributed by atoms with van der Waals surface area (Å²) in [6, 6.07) is 0. The molecule has 4 bridgehead atoms. The van der Waals surface area contributed by atoms with E-state index in [2.05, 4.69) is 59.9 Å². The Kier molecular flexibility index (Phi) is 12.0. The maximum Gasteiger partial charge on any atom is 0.0717 e. The van der Waals surface area contributed by atoms with E-state index in [1.54, 1.807) is 0 Å². The normalized spacial score (nSPS) is 27.3. The van der Waals surface area contributed by atoms with Crippen LogP contribution in [0.3, 0.4) is 0 Å². The van der Waals surface area contributed by atoms with E-state index >= 15 is 0 Å². The zero-order valence-electron chi connectivity index (χ0n) is 17.5. The summed E-state index contributed by atoms with van der Waals surface area (Å²) in [4.78, 5) is 5.02. The molecule has 0 atom stereocenters. The number of nitrogens with zero attached hydrogens (tertiary/aromatic N) is 2. The monoisotopic (exact) mass is 542 g/mol. The molecule has 10 heteroatoms. The highest BCUT2D eigenvalue weighted by atomic mass is 32.3. The molecule has 0 saturated heterocycles. The van der Waals surface area contributed by atoms with Crippen LogP contribution < -0.4 is 0 Å². The van der Waals surface area contributed by atoms with E-state index in [0.29, 0.717) is 0 Å². The van der Waals surface area contributed by atoms with Crippen LogP contribution in [0.1, 0.15) is 19.3 Å². The fourth-order valence-corrected chi connectivity index (χ4v) is 14.1. The Balaban J connectivity index is 1.68. The zero-order chi connectivity index (χ0) is 20.6. The quantitative estimate of drug-likeness (QED) is 0.343. The molecule has 0 fully saturated rings. The lowest BCUT2D eigenvalue weighted by Crippen LogP contribution is -2.27. The van der Waals surface area contributed by atoms with E-state index in [0.717, 1.165) is 0 Å². The highest BCUT2D eigenvalue weighted by molar-refractivity contribution is 8.45. The van der Waals surface area contributed by atoms with Gasteiger partial charge in [0.05, 0.1) is 25.4 Å². The van der Waals surface area contributed by atoms with Crippen molar-refractivity contribution >= 4 is 94.1 Å². The Morgan fingerprint density at radius 1 is 0.586 bits per heavy atom. The van der Waals surface area contributed by atoms with Gasteiger partial charge in [0.1, 0.15) is 0 Å². The third-order valence-electron chi connectivity index (χ3n) is 4.53. The Hall–Kier alpha value is 1.94. The fourth-order valence-electron chi connectivity index (χ4n) is 2.97. The topological polar surface area (TPSA) is 6.48 Å². The molecule has 164 valence electrons. The molecule has 0 saturated carbocycles. The van der Waals surface area contributed by atoms with E-state index in [1.807, 2.05) is 70.6 Å². The van der Waals surface area contributed by atoms with E-state index in [9.17, 15) is 0 Å². The van der Waals surface area contributed by atoms with Crippen molar-refractivity contribution in [2.75, 3.05) is 64.3 Å². The van der Waals surface area contributed by atoms with Gasteiger partial charge in [-0.05, 0) is 83.6 Å². The summed E-state index contributed by atoms with van der Waals surface area (Å²) in [6.45, 7) is 4.83. The third-order valence-corrected chi connectivity index (χ3v) is 16.0. The van der Waals surface area contributed by atoms with Gasteiger partial charge in [-0.25, -0.2) is 0 Å². The van der Waals surface area contributed by atoms with Crippen molar-refractivity contribution in [3.8, 4) is 0 Å². The molecule has 0 aromatic carbocycles. The molecule has 2 nitrogen and oxygen atoms in total. The lowest BCUT2D eigenvalue weighted by atomic mass is 10.3. The highest BCUT2D eigenvalue weighted by Crippen LogP contribution is 2.65. The van der Waals surface area contributed by atoms with Crippen molar-refractivity contribution in [2.45, 2.75) is 19.3 Å². The van der Waals surface area contributed by atoms with E-state index in [4.69, 9.17) is 0 Å². The summed E-state index contributed by atoms with van der Waals surface area (Å²) in [6.07, 6.45) is 8.25. The van der Waals surface area contributed by atoms with Crippen LogP contribution in [-0.2, 0) is 0 Å². The van der Waals surface area contributed by atoms with Gasteiger partial charge in [-0.2, -0.15) is 0 Å². The van der Waals surface area contributed by atoms with Crippen LogP contribution in [0.5, 0.6) is 0 Å². The second-order valence-corrected chi connectivity index (χ2v) is 16.4. The minimum Gasteiger partial charge on any atom is -0.306 e. The molecule has 3 aliphatic rings. The van der Waals surface area contributed by atoms with Gasteiger partial charge in [-0.15, -0.1) is 47.0 Å². The number of rotatable bonds is 2. The molecule has 3 aliphatic heterocycles. The number of fused-ring (bicyclic) bond motifs is 4. The first-order chi connectivity index (χ1) is 14.1. The van der Waals surface area contributed by atoms with Gasteiger partial charge >= 0.3 is 0 Å². The smallest absolute Gasteiger partial charge is 0.0717 e. The summed E-state index contributed by atoms with van der Waals surface area (Å²) >= 11 is 16.0. The van der Waals surface area contributed by atoms with Crippen LogP contribution in [0.15, 0.2) is 25.4 Å². The Bertz CT molecular complexity index is 607. The highest BCUT2D eigenvalue weighted by Gasteiger charge is 2.30. The summed E-state index contributed by atoms with van der Waals surface area (Å²) in [5.41, 5.74) is 0. The van der Waals surface area contributed by atoms with Crippen LogP contribution >= 0.6 is 94.1 Å². The van der Waals surface area contributed by atoms with Gasteiger partial charge in [0.15, 0.2) is 0 Å². The number of hydrogen-bond donors (Lipinski definition) is 0. The average molecular weight is 543 g/mol. The molecule has 0 radical (unpaired) electrons. The molecule has 0 aromatic rings. The molecule has 29 heavy (non-hydrogen) atoms. The Morgan fingerprint density at radius 3 is 1.41 bits per heavy atom. The standard InChI is InChI=1S/C19H30N2S8/c1-20-8-5-9-21(2)11-7-13-25-17-15(23-4)27-19(29-17)18-26-14(22-3)16(28-18)24-12-6-10-20/h5-13H2,1-4H3/b19-18-. The molecule has 3 rings (SSSR count). The minimum absolute atomic E-state index is 1.21. The first kappa shape index (κ1) is 25.6. The fraction of sp³-hybridized carbons (Fsp3) is 0.684. The second kappa shape index (κ2) is 13.6. The molecule has 3 heterocycles. The molecule has 0 amide bonds. The van der Waals surface area contributed by atoms with Crippen molar-refractivity contribution in [1.29, 1.82) is 0 Å². The van der Waals surface area contributed by atoms with Crippen LogP contribution in [0, 0.1) is 0 Å². The van der Waals surface area contributed by atoms with E-state index in [1.165, 1.54) is 82.4 Å². The Morgan fingerprint density at radius 2 is 1.00 bits per heavy atom. The van der Waals surface area contributed by atoms with Gasteiger partial charge in [-0.3, -0.25) is 0 Å². The van der Waals surface area contributed by atoms with Crippen molar-refractivity contribution in [2.24, 2.45) is 0 Å². The molecule has 0 N–H and O–H groups in total. The van der Waals surface area contributed by atoms with Gasteiger partial charge < -0.3 is 9.80 Å². The predicted molar refractivity (Wildman–Crippen MR) is 152 cm³/mol. The molecular formula is C19H30N2S8. The predicted octanol–water partition coefficient (Wildman–Crippen LogP) is 7.57. The van der Waals surface area contributed by atoms with Crippen LogP contribution in [0.25, 0.3) is 0 Å². The van der Waals surface area contributed by atoms with Crippen LogP contribution in [0.4, 0.5) is 0 Å². The van der Waals surface area contributed by atoms with Crippen molar-refractivity contribution < 1.29 is 0 Å². The molecular weight excluding hydrogens is 513 g/mol. The SMILES string of the molecule is CSC1=C2SCCCN(C)CCCN(C)CCCSC3=C(SC)S/C(=C(\S1)S2)S3. The summed E-state index contributed by atoms with van der Waals surface area (Å²) in [5, 5.41) is 0. The summed E-state index contributed by atoms with van der Waals surface area (Å²) in [7, 11) is 4.56. The maximum absolute atomic E-state index is 2.51. The van der Waals surface area contributed by atoms with E-state index in [-0.39, 0.29) is 0 Å². The summed E-state index contributed by atoms with van der Waals surface area (Å²) < 4.78 is 9.07. The first-order valence-electron chi connectivity index (χ1n) is 9.75. The largest absolute Gasteiger partial charge is 0.306 e. The lowest BCUT2D eigenvalue weighted by molar-refractivity contribution is 0.280. The van der Waals surface area contributed by atoms with Crippen molar-refractivity contribution in [3.63, 3.8) is 0 Å². The molecule has 0 spiro atoms.